The summed E-state index contributed by atoms with van der Waals surface area (Å²) in [5.74, 6) is -2.28. The summed E-state index contributed by atoms with van der Waals surface area (Å²) >= 11 is 0. The van der Waals surface area contributed by atoms with E-state index in [2.05, 4.69) is 35.9 Å². The predicted octanol–water partition coefficient (Wildman–Crippen LogP) is 6.86. The van der Waals surface area contributed by atoms with Crippen LogP contribution in [0.5, 0.6) is 0 Å². The van der Waals surface area contributed by atoms with Crippen LogP contribution in [0.4, 0.5) is 4.79 Å². The fourth-order valence-corrected chi connectivity index (χ4v) is 6.81. The van der Waals surface area contributed by atoms with E-state index in [4.69, 9.17) is 9.47 Å². The van der Waals surface area contributed by atoms with Gasteiger partial charge in [-0.15, -0.1) is 13.2 Å². The first-order valence-corrected chi connectivity index (χ1v) is 18.6. The Morgan fingerprint density at radius 2 is 1.44 bits per heavy atom. The molecule has 3 N–H and O–H groups in total. The molecular weight excluding hydrogens is 695 g/mol. The Kier molecular flexibility index (Phi) is 14.9. The van der Waals surface area contributed by atoms with E-state index in [0.717, 1.165) is 27.8 Å². The molecule has 0 saturated carbocycles. The van der Waals surface area contributed by atoms with Crippen LogP contribution in [0.2, 0.25) is 0 Å². The lowest BCUT2D eigenvalue weighted by atomic mass is 9.98. The van der Waals surface area contributed by atoms with Gasteiger partial charge >= 0.3 is 12.1 Å². The maximum atomic E-state index is 13.7. The first kappa shape index (κ1) is 40.2. The topological polar surface area (TPSA) is 134 Å². The Bertz CT molecular complexity index is 1870. The van der Waals surface area contributed by atoms with Gasteiger partial charge in [0.05, 0.1) is 19.1 Å². The number of nitrogens with one attached hydrogen (secondary N) is 2. The van der Waals surface area contributed by atoms with Crippen molar-refractivity contribution in [3.05, 3.63) is 157 Å². The Hall–Kier alpha value is -6.00. The third-order valence-corrected chi connectivity index (χ3v) is 9.65. The monoisotopic (exact) mass is 743 g/mol. The quantitative estimate of drug-likeness (QED) is 0.0665. The van der Waals surface area contributed by atoms with Gasteiger partial charge in [-0.05, 0) is 52.6 Å². The lowest BCUT2D eigenvalue weighted by Gasteiger charge is -2.26. The molecule has 286 valence electrons. The summed E-state index contributed by atoms with van der Waals surface area (Å²) in [4.78, 5) is 55.5. The normalized spacial score (nSPS) is 13.3. The van der Waals surface area contributed by atoms with E-state index in [1.807, 2.05) is 72.8 Å². The number of nitrogens with zero attached hydrogens (tertiary/aromatic N) is 1. The lowest BCUT2D eigenvalue weighted by Crippen LogP contribution is -2.44. The van der Waals surface area contributed by atoms with Crippen molar-refractivity contribution in [1.82, 2.24) is 15.5 Å². The van der Waals surface area contributed by atoms with Crippen molar-refractivity contribution < 1.29 is 33.8 Å². The molecule has 1 aliphatic carbocycles. The molecule has 0 unspecified atom stereocenters. The highest BCUT2D eigenvalue weighted by atomic mass is 16.6. The summed E-state index contributed by atoms with van der Waals surface area (Å²) in [6.07, 6.45) is 2.35. The molecule has 1 aliphatic rings. The zero-order valence-corrected chi connectivity index (χ0v) is 31.0. The van der Waals surface area contributed by atoms with E-state index in [0.29, 0.717) is 18.5 Å². The van der Waals surface area contributed by atoms with E-state index in [1.54, 1.807) is 36.4 Å². The first-order valence-electron chi connectivity index (χ1n) is 18.6. The number of rotatable bonds is 20. The van der Waals surface area contributed by atoms with E-state index in [9.17, 15) is 24.3 Å². The summed E-state index contributed by atoms with van der Waals surface area (Å²) in [6.45, 7) is 7.75. The highest BCUT2D eigenvalue weighted by Crippen LogP contribution is 2.44. The molecule has 4 aromatic rings. The largest absolute Gasteiger partial charge is 0.454 e. The second-order valence-corrected chi connectivity index (χ2v) is 13.4. The van der Waals surface area contributed by atoms with Crippen LogP contribution in [0.25, 0.3) is 11.1 Å². The molecule has 4 aromatic carbocycles. The summed E-state index contributed by atoms with van der Waals surface area (Å²) in [5, 5.41) is 15.2. The maximum absolute atomic E-state index is 13.7. The smallest absolute Gasteiger partial charge is 0.407 e. The molecule has 10 heteroatoms. The van der Waals surface area contributed by atoms with Crippen molar-refractivity contribution in [2.45, 2.75) is 50.3 Å². The highest BCUT2D eigenvalue weighted by Gasteiger charge is 2.31. The number of amides is 3. The molecule has 0 heterocycles. The first-order chi connectivity index (χ1) is 26.8. The van der Waals surface area contributed by atoms with Crippen LogP contribution in [0.1, 0.15) is 60.0 Å². The number of aliphatic hydroxyl groups is 1. The SMILES string of the molecule is C=CCC[C@H](NC(=O)OCC1c2ccccc2-c2ccccc21)C(=O)O[C@@H](CNC(=O)[C@@H](CC=C)CC(=O)N(CCO)Cc1ccccc1)c1ccccc1. The van der Waals surface area contributed by atoms with Gasteiger partial charge in [0.2, 0.25) is 11.8 Å². The summed E-state index contributed by atoms with van der Waals surface area (Å²) < 4.78 is 11.7. The van der Waals surface area contributed by atoms with E-state index in [-0.39, 0.29) is 57.4 Å². The van der Waals surface area contributed by atoms with Crippen LogP contribution in [0.15, 0.2) is 135 Å². The van der Waals surface area contributed by atoms with Crippen LogP contribution in [0, 0.1) is 5.92 Å². The molecule has 3 amide bonds. The molecule has 0 fully saturated rings. The molecule has 0 saturated heterocycles. The van der Waals surface area contributed by atoms with Crippen LogP contribution in [-0.4, -0.2) is 66.2 Å². The maximum Gasteiger partial charge on any atom is 0.407 e. The van der Waals surface area contributed by atoms with Gasteiger partial charge in [-0.25, -0.2) is 9.59 Å². The molecule has 10 nitrogen and oxygen atoms in total. The average molecular weight is 744 g/mol. The zero-order valence-electron chi connectivity index (χ0n) is 31.0. The summed E-state index contributed by atoms with van der Waals surface area (Å²) in [7, 11) is 0. The van der Waals surface area contributed by atoms with Crippen molar-refractivity contribution in [3.8, 4) is 11.1 Å². The van der Waals surface area contributed by atoms with Crippen LogP contribution >= 0.6 is 0 Å². The zero-order chi connectivity index (χ0) is 39.0. The minimum Gasteiger partial charge on any atom is -0.454 e. The van der Waals surface area contributed by atoms with Crippen molar-refractivity contribution in [2.24, 2.45) is 5.92 Å². The van der Waals surface area contributed by atoms with Gasteiger partial charge in [0, 0.05) is 25.4 Å². The number of aliphatic hydroxyl groups excluding tert-OH is 1. The van der Waals surface area contributed by atoms with Gasteiger partial charge in [-0.1, -0.05) is 121 Å². The molecule has 0 bridgehead atoms. The molecule has 5 rings (SSSR count). The molecule has 0 aliphatic heterocycles. The van der Waals surface area contributed by atoms with Gasteiger partial charge in [0.25, 0.3) is 0 Å². The van der Waals surface area contributed by atoms with Crippen molar-refractivity contribution in [2.75, 3.05) is 26.3 Å². The third kappa shape index (κ3) is 11.0. The molecule has 0 aromatic heterocycles. The Labute approximate surface area is 322 Å². The molecule has 3 atom stereocenters. The van der Waals surface area contributed by atoms with Crippen LogP contribution < -0.4 is 10.6 Å². The minimum atomic E-state index is -1.05. The number of allylic oxidation sites excluding steroid dienone is 2. The number of hydrogen-bond acceptors (Lipinski definition) is 7. The summed E-state index contributed by atoms with van der Waals surface area (Å²) in [5.41, 5.74) is 5.89. The number of carbonyl (C=O) groups is 4. The van der Waals surface area contributed by atoms with E-state index >= 15 is 0 Å². The third-order valence-electron chi connectivity index (χ3n) is 9.65. The highest BCUT2D eigenvalue weighted by molar-refractivity contribution is 5.86. The second-order valence-electron chi connectivity index (χ2n) is 13.4. The Morgan fingerprint density at radius 1 is 0.818 bits per heavy atom. The van der Waals surface area contributed by atoms with E-state index < -0.39 is 36.0 Å². The fourth-order valence-electron chi connectivity index (χ4n) is 6.81. The fraction of sp³-hybridized carbons (Fsp3) is 0.289. The van der Waals surface area contributed by atoms with Gasteiger partial charge in [0.1, 0.15) is 18.8 Å². The van der Waals surface area contributed by atoms with Crippen LogP contribution in [-0.2, 0) is 30.4 Å². The number of fused-ring (bicyclic) bond motifs is 3. The van der Waals surface area contributed by atoms with Gasteiger partial charge in [-0.3, -0.25) is 9.59 Å². The number of benzene rings is 4. The summed E-state index contributed by atoms with van der Waals surface area (Å²) in [6, 6.07) is 33.4. The predicted molar refractivity (Wildman–Crippen MR) is 212 cm³/mol. The molecule has 0 spiro atoms. The number of esters is 1. The lowest BCUT2D eigenvalue weighted by molar-refractivity contribution is -0.152. The Balaban J connectivity index is 1.23. The Morgan fingerprint density at radius 3 is 2.05 bits per heavy atom. The van der Waals surface area contributed by atoms with Gasteiger partial charge in [0.15, 0.2) is 0 Å². The molecule has 55 heavy (non-hydrogen) atoms. The van der Waals surface area contributed by atoms with Gasteiger partial charge < -0.3 is 30.1 Å². The van der Waals surface area contributed by atoms with E-state index in [1.165, 1.54) is 4.90 Å². The second kappa shape index (κ2) is 20.5. The molecular formula is C45H49N3O7. The standard InChI is InChI=1S/C45H49N3O7/c1-3-5-25-40(47-45(53)54-31-39-37-23-14-12-21-35(37)36-22-13-15-24-38(36)39)44(52)55-41(33-19-10-7-11-20-33)29-46-43(51)34(16-4-2)28-42(50)48(26-27-49)30-32-17-8-6-9-18-32/h3-4,6-15,17-24,34,39-41,49H,1-2,5,16,25-31H2,(H,46,51)(H,47,53)/t34-,40-,41-/m0/s1. The molecule has 0 radical (unpaired) electrons. The average Bonchev–Trinajstić information content (AvgIpc) is 3.53. The number of alkyl carbamates (subject to hydrolysis) is 1. The van der Waals surface area contributed by atoms with Crippen molar-refractivity contribution in [3.63, 3.8) is 0 Å². The van der Waals surface area contributed by atoms with Gasteiger partial charge in [-0.2, -0.15) is 0 Å². The number of carbonyl (C=O) groups excluding carboxylic acids is 4. The number of ether oxygens (including phenoxy) is 2. The minimum absolute atomic E-state index is 0.0834. The van der Waals surface area contributed by atoms with Crippen molar-refractivity contribution >= 4 is 23.9 Å². The van der Waals surface area contributed by atoms with Crippen LogP contribution in [0.3, 0.4) is 0 Å². The van der Waals surface area contributed by atoms with Crippen molar-refractivity contribution in [1.29, 1.82) is 0 Å². The number of hydrogen-bond donors (Lipinski definition) is 3.